The third-order valence-electron chi connectivity index (χ3n) is 11.0. The van der Waals surface area contributed by atoms with Gasteiger partial charge in [0.1, 0.15) is 30.8 Å². The minimum Gasteiger partial charge on any atom is -0.506 e. The number of aromatic nitrogens is 1. The smallest absolute Gasteiger partial charge is 0.408 e. The van der Waals surface area contributed by atoms with Crippen LogP contribution in [-0.4, -0.2) is 64.4 Å². The Bertz CT molecular complexity index is 2450. The van der Waals surface area contributed by atoms with Crippen molar-refractivity contribution < 1.29 is 34.0 Å². The number of hydrogen-bond acceptors (Lipinski definition) is 11. The van der Waals surface area contributed by atoms with Crippen molar-refractivity contribution in [2.75, 3.05) is 26.2 Å². The molecular formula is C46H46N4O8S. The second-order valence-corrected chi connectivity index (χ2v) is 16.1. The Balaban J connectivity index is 0.806. The summed E-state index contributed by atoms with van der Waals surface area (Å²) in [7, 11) is 0. The van der Waals surface area contributed by atoms with Crippen LogP contribution < -0.4 is 20.9 Å². The molecule has 2 bridgehead atoms. The van der Waals surface area contributed by atoms with Crippen molar-refractivity contribution >= 4 is 34.3 Å². The summed E-state index contributed by atoms with van der Waals surface area (Å²) in [6.07, 6.45) is 0.743. The standard InChI is InChI=1S/C46H46N4O8S/c51-39-15-13-37(38-14-16-42(53)48-44(38)39)40(52)24-47-23-36-21-30(28-59-36)27-57-45(54)33-11-9-29(10-12-33)26-56-35-8-4-7-34(22-35)43(32-5-2-1-3-6-32)49-46(55)58-41-25-50-19-17-31(41)18-20-50/h1-16,21-22,28,31,40-41,43,47,51-52H,17-20,23-27H2,(H,48,53)(H,49,55)/t40-,41-,43-/m0/s1. The number of hydrogen-bond donors (Lipinski definition) is 5. The zero-order valence-corrected chi connectivity index (χ0v) is 33.2. The topological polar surface area (TPSA) is 162 Å². The quantitative estimate of drug-likeness (QED) is 0.0686. The van der Waals surface area contributed by atoms with Gasteiger partial charge in [0.15, 0.2) is 0 Å². The molecule has 1 amide bonds. The highest BCUT2D eigenvalue weighted by Crippen LogP contribution is 2.32. The van der Waals surface area contributed by atoms with Crippen molar-refractivity contribution in [3.63, 3.8) is 0 Å². The summed E-state index contributed by atoms with van der Waals surface area (Å²) in [5.74, 6) is 0.565. The number of rotatable bonds is 15. The van der Waals surface area contributed by atoms with E-state index in [1.165, 1.54) is 23.5 Å². The molecule has 3 aliphatic heterocycles. The lowest BCUT2D eigenvalue weighted by Crippen LogP contribution is -2.52. The molecule has 6 aromatic rings. The van der Waals surface area contributed by atoms with E-state index in [9.17, 15) is 24.6 Å². The Morgan fingerprint density at radius 2 is 1.68 bits per heavy atom. The van der Waals surface area contributed by atoms with E-state index in [0.29, 0.717) is 34.7 Å². The molecule has 0 unspecified atom stereocenters. The Labute approximate surface area is 345 Å². The molecule has 9 rings (SSSR count). The fourth-order valence-corrected chi connectivity index (χ4v) is 8.69. The molecule has 0 spiro atoms. The fourth-order valence-electron chi connectivity index (χ4n) is 7.84. The number of pyridine rings is 1. The number of fused-ring (bicyclic) bond motifs is 4. The lowest BCUT2D eigenvalue weighted by molar-refractivity contribution is -0.0336. The van der Waals surface area contributed by atoms with E-state index in [0.717, 1.165) is 59.6 Å². The van der Waals surface area contributed by atoms with Gasteiger partial charge in [0.05, 0.1) is 23.2 Å². The lowest BCUT2D eigenvalue weighted by atomic mass is 9.86. The van der Waals surface area contributed by atoms with E-state index < -0.39 is 24.2 Å². The van der Waals surface area contributed by atoms with E-state index in [2.05, 4.69) is 20.5 Å². The lowest BCUT2D eigenvalue weighted by Gasteiger charge is -2.43. The van der Waals surface area contributed by atoms with Crippen molar-refractivity contribution in [3.8, 4) is 11.5 Å². The summed E-state index contributed by atoms with van der Waals surface area (Å²) < 4.78 is 17.7. The molecule has 59 heavy (non-hydrogen) atoms. The molecule has 3 saturated heterocycles. The minimum atomic E-state index is -0.869. The molecule has 3 atom stereocenters. The van der Waals surface area contributed by atoms with Gasteiger partial charge in [-0.1, -0.05) is 60.7 Å². The number of esters is 1. The molecule has 0 aliphatic carbocycles. The Kier molecular flexibility index (Phi) is 12.3. The predicted molar refractivity (Wildman–Crippen MR) is 224 cm³/mol. The first-order valence-corrected chi connectivity index (χ1v) is 20.7. The number of nitrogens with one attached hydrogen (secondary N) is 3. The Hall–Kier alpha value is -5.99. The molecule has 3 fully saturated rings. The van der Waals surface area contributed by atoms with E-state index >= 15 is 0 Å². The second kappa shape index (κ2) is 18.3. The summed E-state index contributed by atoms with van der Waals surface area (Å²) >= 11 is 1.52. The predicted octanol–water partition coefficient (Wildman–Crippen LogP) is 6.96. The largest absolute Gasteiger partial charge is 0.506 e. The van der Waals surface area contributed by atoms with Crippen LogP contribution >= 0.6 is 11.3 Å². The fraction of sp³-hybridized carbons (Fsp3) is 0.283. The summed E-state index contributed by atoms with van der Waals surface area (Å²) in [6.45, 7) is 4.08. The van der Waals surface area contributed by atoms with Gasteiger partial charge in [0.25, 0.3) is 0 Å². The zero-order chi connectivity index (χ0) is 40.7. The number of ether oxygens (including phenoxy) is 3. The number of amides is 1. The number of thiophene rings is 1. The molecule has 12 nitrogen and oxygen atoms in total. The van der Waals surface area contributed by atoms with Crippen LogP contribution in [0.4, 0.5) is 4.79 Å². The van der Waals surface area contributed by atoms with Gasteiger partial charge >= 0.3 is 12.1 Å². The monoisotopic (exact) mass is 814 g/mol. The van der Waals surface area contributed by atoms with Crippen molar-refractivity contribution in [3.05, 3.63) is 163 Å². The average molecular weight is 815 g/mol. The second-order valence-electron chi connectivity index (χ2n) is 15.1. The Morgan fingerprint density at radius 3 is 2.46 bits per heavy atom. The molecule has 0 saturated carbocycles. The maximum atomic E-state index is 13.2. The van der Waals surface area contributed by atoms with Gasteiger partial charge < -0.3 is 40.0 Å². The summed E-state index contributed by atoms with van der Waals surface area (Å²) in [4.78, 5) is 43.8. The van der Waals surface area contributed by atoms with Crippen LogP contribution in [0.15, 0.2) is 119 Å². The number of aliphatic hydroxyl groups excluding tert-OH is 1. The maximum absolute atomic E-state index is 13.2. The third kappa shape index (κ3) is 9.83. The molecule has 4 aromatic carbocycles. The SMILES string of the molecule is O=C(N[C@@H](c1ccccc1)c1cccc(OCc2ccc(C(=O)OCc3csc(CNC[C@H](O)c4ccc(O)c5[nH]c(=O)ccc45)c3)cc2)c1)O[C@H]1CN2CCC1CC2. The number of H-pyrrole nitrogens is 1. The van der Waals surface area contributed by atoms with Crippen molar-refractivity contribution in [1.82, 2.24) is 20.5 Å². The number of benzene rings is 4. The van der Waals surface area contributed by atoms with E-state index in [4.69, 9.17) is 14.2 Å². The summed E-state index contributed by atoms with van der Waals surface area (Å²) in [5.41, 5.74) is 4.50. The first-order chi connectivity index (χ1) is 28.8. The highest BCUT2D eigenvalue weighted by molar-refractivity contribution is 7.10. The van der Waals surface area contributed by atoms with E-state index in [1.54, 1.807) is 24.3 Å². The van der Waals surface area contributed by atoms with Crippen molar-refractivity contribution in [1.29, 1.82) is 0 Å². The number of piperidine rings is 3. The minimum absolute atomic E-state index is 0.0583. The molecule has 2 aromatic heterocycles. The number of nitrogens with zero attached hydrogens (tertiary/aromatic N) is 1. The Morgan fingerprint density at radius 1 is 0.881 bits per heavy atom. The average Bonchev–Trinajstić information content (AvgIpc) is 3.72. The van der Waals surface area contributed by atoms with Gasteiger partial charge in [0.2, 0.25) is 5.56 Å². The van der Waals surface area contributed by atoms with Gasteiger partial charge in [-0.2, -0.15) is 0 Å². The number of aliphatic hydroxyl groups is 1. The molecule has 0 radical (unpaired) electrons. The third-order valence-corrected chi connectivity index (χ3v) is 12.0. The highest BCUT2D eigenvalue weighted by atomic mass is 32.1. The van der Waals surface area contributed by atoms with Gasteiger partial charge in [-0.05, 0) is 102 Å². The molecule has 304 valence electrons. The van der Waals surface area contributed by atoms with Gasteiger partial charge in [0, 0.05) is 41.5 Å². The summed E-state index contributed by atoms with van der Waals surface area (Å²) in [5, 5.41) is 29.8. The number of carbonyl (C=O) groups excluding carboxylic acids is 2. The maximum Gasteiger partial charge on any atom is 0.408 e. The number of phenolic OH excluding ortho intramolecular Hbond substituents is 1. The van der Waals surface area contributed by atoms with Crippen LogP contribution in [0.2, 0.25) is 0 Å². The van der Waals surface area contributed by atoms with Crippen LogP contribution in [-0.2, 0) is 29.2 Å². The van der Waals surface area contributed by atoms with Crippen LogP contribution in [0.1, 0.15) is 68.0 Å². The number of alkyl carbamates (subject to hydrolysis) is 1. The number of aromatic amines is 1. The molecule has 3 aliphatic rings. The van der Waals surface area contributed by atoms with Crippen LogP contribution in [0.5, 0.6) is 11.5 Å². The van der Waals surface area contributed by atoms with E-state index in [1.807, 2.05) is 78.2 Å². The van der Waals surface area contributed by atoms with Crippen LogP contribution in [0.25, 0.3) is 10.9 Å². The van der Waals surface area contributed by atoms with Gasteiger partial charge in [-0.3, -0.25) is 9.69 Å². The van der Waals surface area contributed by atoms with Crippen molar-refractivity contribution in [2.45, 2.75) is 50.8 Å². The zero-order valence-electron chi connectivity index (χ0n) is 32.3. The van der Waals surface area contributed by atoms with Crippen LogP contribution in [0, 0.1) is 5.92 Å². The van der Waals surface area contributed by atoms with Gasteiger partial charge in [-0.25, -0.2) is 9.59 Å². The number of carbonyl (C=O) groups is 2. The molecular weight excluding hydrogens is 769 g/mol. The molecule has 13 heteroatoms. The van der Waals surface area contributed by atoms with Crippen molar-refractivity contribution in [2.24, 2.45) is 5.92 Å². The summed E-state index contributed by atoms with van der Waals surface area (Å²) in [6, 6.07) is 32.2. The highest BCUT2D eigenvalue weighted by Gasteiger charge is 2.37. The normalized spacial score (nSPS) is 18.2. The first-order valence-electron chi connectivity index (χ1n) is 19.8. The first kappa shape index (κ1) is 39.8. The number of aromatic hydroxyl groups is 1. The van der Waals surface area contributed by atoms with Gasteiger partial charge in [-0.15, -0.1) is 11.3 Å². The van der Waals surface area contributed by atoms with E-state index in [-0.39, 0.29) is 42.7 Å². The van der Waals surface area contributed by atoms with Crippen LogP contribution in [0.3, 0.4) is 0 Å². The molecule has 5 heterocycles. The number of phenols is 1. The molecule has 5 N–H and O–H groups in total.